The van der Waals surface area contributed by atoms with Crippen molar-refractivity contribution in [1.29, 1.82) is 0 Å². The Morgan fingerprint density at radius 1 is 0.412 bits per heavy atom. The monoisotopic (exact) mass is 716 g/mol. The van der Waals surface area contributed by atoms with Crippen LogP contribution in [0.15, 0.2) is 143 Å². The molecule has 0 bridgehead atoms. The highest BCUT2D eigenvalue weighted by Gasteiger charge is 2.45. The Kier molecular flexibility index (Phi) is 9.68. The molecule has 0 fully saturated rings. The predicted molar refractivity (Wildman–Crippen MR) is 202 cm³/mol. The summed E-state index contributed by atoms with van der Waals surface area (Å²) in [6.07, 6.45) is 0. The van der Waals surface area contributed by atoms with Gasteiger partial charge in [-0.2, -0.15) is 16.8 Å². The van der Waals surface area contributed by atoms with Crippen molar-refractivity contribution in [1.82, 2.24) is 0 Å². The summed E-state index contributed by atoms with van der Waals surface area (Å²) in [7, 11) is -8.63. The zero-order valence-electron chi connectivity index (χ0n) is 29.5. The maximum Gasteiger partial charge on any atom is 0.339 e. The summed E-state index contributed by atoms with van der Waals surface area (Å²) < 4.78 is 68.6. The summed E-state index contributed by atoms with van der Waals surface area (Å²) in [4.78, 5) is 0.0346. The van der Waals surface area contributed by atoms with Crippen LogP contribution in [0.1, 0.15) is 55.6 Å². The van der Waals surface area contributed by atoms with E-state index in [1.54, 1.807) is 24.3 Å². The van der Waals surface area contributed by atoms with E-state index >= 15 is 0 Å². The van der Waals surface area contributed by atoms with Crippen LogP contribution in [-0.4, -0.2) is 16.8 Å². The fraction of sp³-hybridized carbons (Fsp3) is 0.163. The molecule has 0 spiro atoms. The SMILES string of the molecule is Cc1ccc(S(=O)(=O)Oc2c(C)cc(C)cc2C(c2ccccc2)(c2ccccc2)c2cc(C)cc(C)c2OS(=O)(=O)c2ccc(C)cc2)cc1. The van der Waals surface area contributed by atoms with Gasteiger partial charge in [0.15, 0.2) is 11.5 Å². The minimum atomic E-state index is -4.32. The van der Waals surface area contributed by atoms with Gasteiger partial charge in [-0.3, -0.25) is 0 Å². The minimum Gasteiger partial charge on any atom is -0.378 e. The molecule has 0 radical (unpaired) electrons. The van der Waals surface area contributed by atoms with E-state index in [0.717, 1.165) is 33.4 Å². The molecule has 51 heavy (non-hydrogen) atoms. The van der Waals surface area contributed by atoms with Crippen molar-refractivity contribution in [3.8, 4) is 11.5 Å². The number of rotatable bonds is 10. The summed E-state index contributed by atoms with van der Waals surface area (Å²) in [5.74, 6) is 0.278. The van der Waals surface area contributed by atoms with Crippen molar-refractivity contribution in [3.05, 3.63) is 189 Å². The second kappa shape index (κ2) is 13.9. The summed E-state index contributed by atoms with van der Waals surface area (Å²) in [5.41, 5.74) is 5.91. The molecule has 6 rings (SSSR count). The molecule has 0 N–H and O–H groups in total. The number of hydrogen-bond donors (Lipinski definition) is 0. The molecular weight excluding hydrogens is 677 g/mol. The Morgan fingerprint density at radius 2 is 0.745 bits per heavy atom. The van der Waals surface area contributed by atoms with Crippen molar-refractivity contribution in [2.75, 3.05) is 0 Å². The highest BCUT2D eigenvalue weighted by molar-refractivity contribution is 7.87. The highest BCUT2D eigenvalue weighted by atomic mass is 32.2. The van der Waals surface area contributed by atoms with Gasteiger partial charge in [0.2, 0.25) is 0 Å². The van der Waals surface area contributed by atoms with E-state index in [2.05, 4.69) is 0 Å². The first-order chi connectivity index (χ1) is 24.2. The Morgan fingerprint density at radius 3 is 1.08 bits per heavy atom. The molecule has 0 aliphatic rings. The second-order valence-electron chi connectivity index (χ2n) is 13.1. The second-order valence-corrected chi connectivity index (χ2v) is 16.2. The third-order valence-electron chi connectivity index (χ3n) is 9.06. The van der Waals surface area contributed by atoms with E-state index in [1.807, 2.05) is 126 Å². The molecule has 0 unspecified atom stereocenters. The molecule has 0 aliphatic heterocycles. The van der Waals surface area contributed by atoms with Crippen molar-refractivity contribution in [2.24, 2.45) is 0 Å². The molecule has 6 nitrogen and oxygen atoms in total. The lowest BCUT2D eigenvalue weighted by molar-refractivity contribution is 0.470. The first-order valence-corrected chi connectivity index (χ1v) is 19.4. The number of aryl methyl sites for hydroxylation is 6. The zero-order chi connectivity index (χ0) is 36.6. The van der Waals surface area contributed by atoms with Crippen molar-refractivity contribution in [3.63, 3.8) is 0 Å². The van der Waals surface area contributed by atoms with Gasteiger partial charge in [-0.1, -0.05) is 131 Å². The topological polar surface area (TPSA) is 86.7 Å². The molecule has 0 aliphatic carbocycles. The lowest BCUT2D eigenvalue weighted by Gasteiger charge is -2.39. The fourth-order valence-electron chi connectivity index (χ4n) is 6.72. The van der Waals surface area contributed by atoms with Gasteiger partial charge < -0.3 is 8.37 Å². The average molecular weight is 717 g/mol. The molecule has 0 aromatic heterocycles. The molecule has 8 heteroatoms. The molecule has 260 valence electrons. The maximum absolute atomic E-state index is 14.1. The smallest absolute Gasteiger partial charge is 0.339 e. The quantitative estimate of drug-likeness (QED) is 0.104. The first kappa shape index (κ1) is 35.6. The van der Waals surface area contributed by atoms with Gasteiger partial charge in [-0.05, 0) is 88.1 Å². The van der Waals surface area contributed by atoms with Crippen LogP contribution < -0.4 is 8.37 Å². The van der Waals surface area contributed by atoms with E-state index in [9.17, 15) is 16.8 Å². The number of hydrogen-bond acceptors (Lipinski definition) is 6. The third kappa shape index (κ3) is 6.94. The predicted octanol–water partition coefficient (Wildman–Crippen LogP) is 9.46. The Hall–Kier alpha value is -5.18. The van der Waals surface area contributed by atoms with E-state index < -0.39 is 25.7 Å². The Balaban J connectivity index is 1.75. The molecule has 6 aromatic rings. The van der Waals surface area contributed by atoms with Gasteiger partial charge in [-0.15, -0.1) is 0 Å². The molecule has 0 saturated heterocycles. The van der Waals surface area contributed by atoms with Crippen LogP contribution in [0.2, 0.25) is 0 Å². The third-order valence-corrected chi connectivity index (χ3v) is 11.5. The first-order valence-electron chi connectivity index (χ1n) is 16.6. The van der Waals surface area contributed by atoms with Gasteiger partial charge in [0.25, 0.3) is 0 Å². The van der Waals surface area contributed by atoms with E-state index in [0.29, 0.717) is 22.3 Å². The summed E-state index contributed by atoms with van der Waals surface area (Å²) in [6.45, 7) is 11.3. The molecule has 6 aromatic carbocycles. The fourth-order valence-corrected chi connectivity index (χ4v) is 8.74. The Bertz CT molecular complexity index is 2250. The van der Waals surface area contributed by atoms with Gasteiger partial charge in [0.05, 0.1) is 5.41 Å². The molecule has 0 saturated carbocycles. The lowest BCUT2D eigenvalue weighted by Crippen LogP contribution is -2.33. The van der Waals surface area contributed by atoms with Crippen LogP contribution in [0.5, 0.6) is 11.5 Å². The maximum atomic E-state index is 14.1. The lowest BCUT2D eigenvalue weighted by atomic mass is 9.63. The molecule has 0 atom stereocenters. The Labute approximate surface area is 301 Å². The van der Waals surface area contributed by atoms with Crippen LogP contribution in [0.3, 0.4) is 0 Å². The van der Waals surface area contributed by atoms with Gasteiger partial charge in [0, 0.05) is 11.1 Å². The van der Waals surface area contributed by atoms with Crippen LogP contribution in [-0.2, 0) is 25.7 Å². The van der Waals surface area contributed by atoms with Crippen molar-refractivity contribution in [2.45, 2.75) is 56.7 Å². The highest BCUT2D eigenvalue weighted by Crippen LogP contribution is 2.53. The van der Waals surface area contributed by atoms with Crippen LogP contribution in [0, 0.1) is 41.5 Å². The normalized spacial score (nSPS) is 12.0. The van der Waals surface area contributed by atoms with E-state index in [4.69, 9.17) is 8.37 Å². The van der Waals surface area contributed by atoms with E-state index in [1.165, 1.54) is 24.3 Å². The zero-order valence-corrected chi connectivity index (χ0v) is 31.1. The summed E-state index contributed by atoms with van der Waals surface area (Å²) in [6, 6.07) is 39.9. The summed E-state index contributed by atoms with van der Waals surface area (Å²) in [5, 5.41) is 0. The molecule has 0 heterocycles. The van der Waals surface area contributed by atoms with Gasteiger partial charge in [0.1, 0.15) is 9.79 Å². The average Bonchev–Trinajstić information content (AvgIpc) is 3.09. The van der Waals surface area contributed by atoms with Crippen molar-refractivity contribution < 1.29 is 25.2 Å². The van der Waals surface area contributed by atoms with Crippen molar-refractivity contribution >= 4 is 20.2 Å². The minimum absolute atomic E-state index is 0.0173. The van der Waals surface area contributed by atoms with Crippen LogP contribution in [0.25, 0.3) is 0 Å². The van der Waals surface area contributed by atoms with Gasteiger partial charge in [-0.25, -0.2) is 0 Å². The van der Waals surface area contributed by atoms with Crippen LogP contribution in [0.4, 0.5) is 0 Å². The number of benzene rings is 6. The van der Waals surface area contributed by atoms with Gasteiger partial charge >= 0.3 is 20.2 Å². The molecular formula is C43H40O6S2. The van der Waals surface area contributed by atoms with E-state index in [-0.39, 0.29) is 21.3 Å². The standard InChI is InChI=1S/C43H40O6S2/c1-29-17-21-37(22-18-29)50(44,45)48-41-33(5)25-31(3)27-39(41)43(35-13-9-7-10-14-35,36-15-11-8-12-16-36)40-28-32(4)26-34(6)42(40)49-51(46,47)38-23-19-30(2)20-24-38/h7-28H,1-6H3. The molecule has 0 amide bonds. The largest absolute Gasteiger partial charge is 0.378 e. The van der Waals surface area contributed by atoms with Crippen LogP contribution >= 0.6 is 0 Å². The summed E-state index contributed by atoms with van der Waals surface area (Å²) >= 11 is 0.